The van der Waals surface area contributed by atoms with E-state index in [0.29, 0.717) is 18.2 Å². The Labute approximate surface area is 134 Å². The molecule has 1 aromatic rings. The predicted octanol–water partition coefficient (Wildman–Crippen LogP) is 2.01. The Morgan fingerprint density at radius 3 is 2.95 bits per heavy atom. The summed E-state index contributed by atoms with van der Waals surface area (Å²) in [6.45, 7) is 4.86. The number of carbonyl (C=O) groups is 2. The first kappa shape index (κ1) is 16.7. The van der Waals surface area contributed by atoms with Crippen LogP contribution in [0.1, 0.15) is 44.5 Å². The maximum absolute atomic E-state index is 12.3. The van der Waals surface area contributed by atoms with Crippen molar-refractivity contribution >= 4 is 28.4 Å². The number of amides is 3. The van der Waals surface area contributed by atoms with Gasteiger partial charge >= 0.3 is 6.03 Å². The van der Waals surface area contributed by atoms with Gasteiger partial charge < -0.3 is 10.2 Å². The molecule has 1 aromatic heterocycles. The van der Waals surface area contributed by atoms with Gasteiger partial charge in [-0.3, -0.25) is 10.1 Å². The summed E-state index contributed by atoms with van der Waals surface area (Å²) < 4.78 is 0. The molecule has 7 nitrogen and oxygen atoms in total. The predicted molar refractivity (Wildman–Crippen MR) is 86.0 cm³/mol. The highest BCUT2D eigenvalue weighted by molar-refractivity contribution is 7.15. The van der Waals surface area contributed by atoms with Crippen LogP contribution in [0.15, 0.2) is 0 Å². The average Bonchev–Trinajstić information content (AvgIpc) is 2.92. The van der Waals surface area contributed by atoms with Crippen LogP contribution < -0.4 is 10.6 Å². The monoisotopic (exact) mass is 325 g/mol. The molecule has 1 saturated heterocycles. The first-order valence-electron chi connectivity index (χ1n) is 7.74. The van der Waals surface area contributed by atoms with Gasteiger partial charge in [-0.15, -0.1) is 10.2 Å². The molecular formula is C14H23N5O2S. The maximum atomic E-state index is 12.3. The van der Waals surface area contributed by atoms with Crippen LogP contribution in [0.4, 0.5) is 9.93 Å². The van der Waals surface area contributed by atoms with E-state index in [0.717, 1.165) is 37.1 Å². The number of hydrogen-bond acceptors (Lipinski definition) is 5. The second-order valence-corrected chi connectivity index (χ2v) is 6.58. The second-order valence-electron chi connectivity index (χ2n) is 5.52. The Balaban J connectivity index is 1.85. The molecule has 0 bridgehead atoms. The van der Waals surface area contributed by atoms with Gasteiger partial charge in [-0.05, 0) is 19.3 Å². The fourth-order valence-corrected chi connectivity index (χ4v) is 3.24. The molecule has 122 valence electrons. The third-order valence-corrected chi connectivity index (χ3v) is 4.44. The summed E-state index contributed by atoms with van der Waals surface area (Å²) in [6.07, 6.45) is 4.88. The van der Waals surface area contributed by atoms with Gasteiger partial charge in [0.05, 0.1) is 0 Å². The molecule has 2 heterocycles. The van der Waals surface area contributed by atoms with Crippen molar-refractivity contribution in [1.82, 2.24) is 20.4 Å². The minimum absolute atomic E-state index is 0.0338. The van der Waals surface area contributed by atoms with Crippen LogP contribution >= 0.6 is 11.3 Å². The SMILES string of the molecule is CCCCc1nnc(NC(=O)N2CCC[C@H](NC(C)=O)C2)s1. The second kappa shape index (κ2) is 8.07. The number of hydrogen-bond donors (Lipinski definition) is 2. The molecule has 0 saturated carbocycles. The van der Waals surface area contributed by atoms with Crippen LogP contribution in [-0.4, -0.2) is 46.2 Å². The number of nitrogens with zero attached hydrogens (tertiary/aromatic N) is 3. The number of anilines is 1. The number of urea groups is 1. The first-order valence-corrected chi connectivity index (χ1v) is 8.55. The van der Waals surface area contributed by atoms with E-state index in [1.165, 1.54) is 18.3 Å². The topological polar surface area (TPSA) is 87.2 Å². The van der Waals surface area contributed by atoms with Crippen LogP contribution in [0.2, 0.25) is 0 Å². The van der Waals surface area contributed by atoms with Crippen molar-refractivity contribution in [3.05, 3.63) is 5.01 Å². The van der Waals surface area contributed by atoms with Crippen molar-refractivity contribution < 1.29 is 9.59 Å². The van der Waals surface area contributed by atoms with Crippen molar-refractivity contribution in [2.75, 3.05) is 18.4 Å². The summed E-state index contributed by atoms with van der Waals surface area (Å²) in [6, 6.07) is -0.139. The van der Waals surface area contributed by atoms with Crippen LogP contribution in [0.3, 0.4) is 0 Å². The van der Waals surface area contributed by atoms with Crippen molar-refractivity contribution in [2.45, 2.75) is 52.0 Å². The maximum Gasteiger partial charge on any atom is 0.323 e. The molecule has 1 fully saturated rings. The van der Waals surface area contributed by atoms with Crippen LogP contribution in [0.25, 0.3) is 0 Å². The van der Waals surface area contributed by atoms with E-state index in [9.17, 15) is 9.59 Å². The smallest absolute Gasteiger partial charge is 0.323 e. The number of aromatic nitrogens is 2. The van der Waals surface area contributed by atoms with E-state index >= 15 is 0 Å². The van der Waals surface area contributed by atoms with Gasteiger partial charge in [0.25, 0.3) is 0 Å². The zero-order valence-corrected chi connectivity index (χ0v) is 13.9. The van der Waals surface area contributed by atoms with Crippen molar-refractivity contribution in [3.63, 3.8) is 0 Å². The quantitative estimate of drug-likeness (QED) is 0.867. The normalized spacial score (nSPS) is 18.1. The molecule has 0 spiro atoms. The lowest BCUT2D eigenvalue weighted by Crippen LogP contribution is -2.50. The highest BCUT2D eigenvalue weighted by Crippen LogP contribution is 2.18. The molecule has 1 aliphatic heterocycles. The molecule has 0 unspecified atom stereocenters. The van der Waals surface area contributed by atoms with Gasteiger partial charge in [0.1, 0.15) is 5.01 Å². The minimum Gasteiger partial charge on any atom is -0.352 e. The molecule has 0 radical (unpaired) electrons. The third kappa shape index (κ3) is 4.94. The third-order valence-electron chi connectivity index (χ3n) is 3.54. The van der Waals surface area contributed by atoms with Crippen molar-refractivity contribution in [1.29, 1.82) is 0 Å². The fraction of sp³-hybridized carbons (Fsp3) is 0.714. The number of likely N-dealkylation sites (tertiary alicyclic amines) is 1. The van der Waals surface area contributed by atoms with Gasteiger partial charge in [-0.2, -0.15) is 0 Å². The number of piperidine rings is 1. The van der Waals surface area contributed by atoms with E-state index in [-0.39, 0.29) is 18.0 Å². The molecule has 2 N–H and O–H groups in total. The summed E-state index contributed by atoms with van der Waals surface area (Å²) in [7, 11) is 0. The minimum atomic E-state index is -0.173. The molecule has 1 atom stereocenters. The van der Waals surface area contributed by atoms with Crippen LogP contribution in [0, 0.1) is 0 Å². The summed E-state index contributed by atoms with van der Waals surface area (Å²) >= 11 is 1.43. The summed E-state index contributed by atoms with van der Waals surface area (Å²) in [5.74, 6) is -0.0584. The molecule has 3 amide bonds. The fourth-order valence-electron chi connectivity index (χ4n) is 2.47. The molecule has 8 heteroatoms. The first-order chi connectivity index (χ1) is 10.6. The van der Waals surface area contributed by atoms with Gasteiger partial charge in [-0.1, -0.05) is 24.7 Å². The Bertz CT molecular complexity index is 519. The standard InChI is InChI=1S/C14H23N5O2S/c1-3-4-7-12-17-18-13(22-12)16-14(21)19-8-5-6-11(9-19)15-10(2)20/h11H,3-9H2,1-2H3,(H,15,20)(H,16,18,21)/t11-/m0/s1. The molecule has 0 aliphatic carbocycles. The molecule has 22 heavy (non-hydrogen) atoms. The highest BCUT2D eigenvalue weighted by Gasteiger charge is 2.24. The Morgan fingerprint density at radius 1 is 1.41 bits per heavy atom. The van der Waals surface area contributed by atoms with Gasteiger partial charge in [0.2, 0.25) is 11.0 Å². The number of unbranched alkanes of at least 4 members (excludes halogenated alkanes) is 1. The Kier molecular flexibility index (Phi) is 6.11. The van der Waals surface area contributed by atoms with Gasteiger partial charge in [-0.25, -0.2) is 4.79 Å². The number of nitrogens with one attached hydrogen (secondary N) is 2. The van der Waals surface area contributed by atoms with Crippen LogP contribution in [-0.2, 0) is 11.2 Å². The lowest BCUT2D eigenvalue weighted by atomic mass is 10.1. The van der Waals surface area contributed by atoms with Gasteiger partial charge in [0, 0.05) is 32.5 Å². The number of carbonyl (C=O) groups excluding carboxylic acids is 2. The molecule has 2 rings (SSSR count). The molecular weight excluding hydrogens is 302 g/mol. The van der Waals surface area contributed by atoms with Crippen molar-refractivity contribution in [2.24, 2.45) is 0 Å². The average molecular weight is 325 g/mol. The highest BCUT2D eigenvalue weighted by atomic mass is 32.1. The van der Waals surface area contributed by atoms with Crippen molar-refractivity contribution in [3.8, 4) is 0 Å². The van der Waals surface area contributed by atoms with E-state index in [2.05, 4.69) is 27.8 Å². The largest absolute Gasteiger partial charge is 0.352 e. The van der Waals surface area contributed by atoms with E-state index < -0.39 is 0 Å². The van der Waals surface area contributed by atoms with Gasteiger partial charge in [0.15, 0.2) is 0 Å². The summed E-state index contributed by atoms with van der Waals surface area (Å²) in [4.78, 5) is 25.1. The number of rotatable bonds is 5. The summed E-state index contributed by atoms with van der Waals surface area (Å²) in [5, 5.41) is 15.3. The Hall–Kier alpha value is -1.70. The zero-order chi connectivity index (χ0) is 15.9. The lowest BCUT2D eigenvalue weighted by Gasteiger charge is -2.32. The van der Waals surface area contributed by atoms with E-state index in [1.54, 1.807) is 4.90 Å². The molecule has 0 aromatic carbocycles. The van der Waals surface area contributed by atoms with E-state index in [4.69, 9.17) is 0 Å². The lowest BCUT2D eigenvalue weighted by molar-refractivity contribution is -0.119. The Morgan fingerprint density at radius 2 is 2.23 bits per heavy atom. The van der Waals surface area contributed by atoms with Crippen LogP contribution in [0.5, 0.6) is 0 Å². The summed E-state index contributed by atoms with van der Waals surface area (Å²) in [5.41, 5.74) is 0. The number of aryl methyl sites for hydroxylation is 1. The van der Waals surface area contributed by atoms with E-state index in [1.807, 2.05) is 0 Å². The molecule has 1 aliphatic rings. The zero-order valence-electron chi connectivity index (χ0n) is 13.1.